The summed E-state index contributed by atoms with van der Waals surface area (Å²) in [6.07, 6.45) is 26.7. The molecule has 0 fully saturated rings. The van der Waals surface area contributed by atoms with Gasteiger partial charge in [-0.2, -0.15) is 34.4 Å². The van der Waals surface area contributed by atoms with Crippen molar-refractivity contribution in [3.05, 3.63) is 166 Å². The molecule has 0 saturated heterocycles. The fourth-order valence-electron chi connectivity index (χ4n) is 5.13. The van der Waals surface area contributed by atoms with Crippen molar-refractivity contribution in [1.82, 2.24) is 0 Å². The molecule has 4 aliphatic rings. The molecule has 0 saturated carbocycles. The Morgan fingerprint density at radius 1 is 0.725 bits per heavy atom. The molecule has 2 aromatic rings. The second kappa shape index (κ2) is 15.3. The van der Waals surface area contributed by atoms with E-state index in [1.165, 1.54) is 67.9 Å². The minimum atomic E-state index is -0.331. The van der Waals surface area contributed by atoms with Crippen LogP contribution in [0.5, 0.6) is 0 Å². The first kappa shape index (κ1) is 31.0. The number of alkyl halides is 2. The molecule has 2 aromatic carbocycles. The fourth-order valence-corrected chi connectivity index (χ4v) is 5.13. The van der Waals surface area contributed by atoms with Crippen LogP contribution in [0.1, 0.15) is 49.7 Å². The molecule has 0 nitrogen and oxygen atoms in total. The van der Waals surface area contributed by atoms with Crippen molar-refractivity contribution in [2.24, 2.45) is 0 Å². The second-order valence-electron chi connectivity index (χ2n) is 10.2. The maximum absolute atomic E-state index is 5.45. The van der Waals surface area contributed by atoms with Gasteiger partial charge in [-0.25, -0.2) is 0 Å². The molecular weight excluding hydrogens is 623 g/mol. The number of halogens is 2. The Hall–Kier alpha value is -1.96. The van der Waals surface area contributed by atoms with Gasteiger partial charge in [0.25, 0.3) is 0 Å². The van der Waals surface area contributed by atoms with Gasteiger partial charge in [-0.05, 0) is 35.8 Å². The molecule has 200 valence electrons. The molecule has 0 aromatic heterocycles. The topological polar surface area (TPSA) is 0 Å². The van der Waals surface area contributed by atoms with E-state index in [4.69, 9.17) is 23.2 Å². The van der Waals surface area contributed by atoms with Gasteiger partial charge in [0.2, 0.25) is 0 Å². The van der Waals surface area contributed by atoms with Crippen molar-refractivity contribution in [3.63, 3.8) is 0 Å². The maximum atomic E-state index is 5.45. The van der Waals surface area contributed by atoms with Crippen LogP contribution in [0, 0.1) is 12.2 Å². The normalized spacial score (nSPS) is 20.5. The van der Waals surface area contributed by atoms with Gasteiger partial charge in [-0.3, -0.25) is 0 Å². The van der Waals surface area contributed by atoms with Gasteiger partial charge in [0.1, 0.15) is 0 Å². The second-order valence-corrected chi connectivity index (χ2v) is 19.8. The standard InChI is InChI=1S/2C17H15.C2H4Cl2Si.Zr/c2*1-13-11-15-9-5-6-10-16(17(15)12-13)14-7-3-2-4-8-14;1-5-2(3)4;/h2*2-9,12,16H,10H2,1H3;2H,1H3;/q2*-1;;+2. The Labute approximate surface area is 265 Å². The number of benzene rings is 2. The van der Waals surface area contributed by atoms with E-state index in [9.17, 15) is 0 Å². The van der Waals surface area contributed by atoms with Gasteiger partial charge < -0.3 is 0 Å². The molecule has 0 heterocycles. The van der Waals surface area contributed by atoms with Crippen molar-refractivity contribution in [2.75, 3.05) is 0 Å². The van der Waals surface area contributed by atoms with Crippen LogP contribution in [0.4, 0.5) is 0 Å². The number of rotatable bonds is 3. The van der Waals surface area contributed by atoms with Gasteiger partial charge in [0.05, 0.1) is 0 Å². The van der Waals surface area contributed by atoms with E-state index in [-0.39, 0.29) is 9.89 Å². The number of hydrogen-bond acceptors (Lipinski definition) is 0. The quantitative estimate of drug-likeness (QED) is 0.175. The Morgan fingerprint density at radius 2 is 1.10 bits per heavy atom. The van der Waals surface area contributed by atoms with Crippen molar-refractivity contribution >= 4 is 28.6 Å². The molecule has 0 aliphatic heterocycles. The van der Waals surface area contributed by atoms with Crippen molar-refractivity contribution in [3.8, 4) is 0 Å². The predicted octanol–water partition coefficient (Wildman–Crippen LogP) is 10.2. The first-order valence-corrected chi connectivity index (χ1v) is 20.3. The minimum absolute atomic E-state index is 0.0619. The van der Waals surface area contributed by atoms with Crippen LogP contribution in [-0.4, -0.2) is 9.89 Å². The molecule has 4 heteroatoms. The van der Waals surface area contributed by atoms with E-state index in [1.807, 2.05) is 0 Å². The first-order chi connectivity index (χ1) is 19.3. The summed E-state index contributed by atoms with van der Waals surface area (Å²) in [4.78, 5) is 0. The summed E-state index contributed by atoms with van der Waals surface area (Å²) in [7, 11) is 0. The fraction of sp³-hybridized carbons (Fsp3) is 0.222. The molecule has 2 unspecified atom stereocenters. The van der Waals surface area contributed by atoms with Crippen LogP contribution in [-0.2, 0) is 23.3 Å². The summed E-state index contributed by atoms with van der Waals surface area (Å²) in [6, 6.07) is 21.5. The Kier molecular flexibility index (Phi) is 11.9. The molecule has 40 heavy (non-hydrogen) atoms. The summed E-state index contributed by atoms with van der Waals surface area (Å²) in [5.74, 6) is 0.956. The van der Waals surface area contributed by atoms with Gasteiger partial charge >= 0.3 is 63.0 Å². The molecule has 4 aliphatic carbocycles. The Balaban J connectivity index is 0.000000155. The average molecular weight is 657 g/mol. The number of allylic oxidation sites excluding steroid dienone is 16. The van der Waals surface area contributed by atoms with Crippen molar-refractivity contribution in [1.29, 1.82) is 0 Å². The number of hydrogen-bond donors (Lipinski definition) is 0. The summed E-state index contributed by atoms with van der Waals surface area (Å²) < 4.78 is -0.0619. The SMILES string of the molecule is CC1=[C-]C2=CC=CCC(c3ccccc3)C2=C1.CC1=[C-]C2=CC=CCC(c3ccccc3)C2=C1.C[Si](=[Zr+2])C(Cl)Cl. The van der Waals surface area contributed by atoms with E-state index < -0.39 is 0 Å². The molecule has 0 radical (unpaired) electrons. The monoisotopic (exact) mass is 654 g/mol. The summed E-state index contributed by atoms with van der Waals surface area (Å²) in [6.45, 7) is 6.36. The summed E-state index contributed by atoms with van der Waals surface area (Å²) >= 11 is 12.4. The van der Waals surface area contributed by atoms with E-state index in [0.717, 1.165) is 12.8 Å². The van der Waals surface area contributed by atoms with E-state index in [0.29, 0.717) is 11.8 Å². The van der Waals surface area contributed by atoms with Gasteiger partial charge in [0, 0.05) is 0 Å². The molecule has 2 atom stereocenters. The zero-order valence-corrected chi connectivity index (χ0v) is 28.3. The van der Waals surface area contributed by atoms with Crippen LogP contribution < -0.4 is 0 Å². The predicted molar refractivity (Wildman–Crippen MR) is 170 cm³/mol. The van der Waals surface area contributed by atoms with Crippen LogP contribution in [0.25, 0.3) is 0 Å². The zero-order valence-electron chi connectivity index (χ0n) is 23.3. The summed E-state index contributed by atoms with van der Waals surface area (Å²) in [5, 5.41) is 0. The van der Waals surface area contributed by atoms with Crippen LogP contribution in [0.2, 0.25) is 6.55 Å². The van der Waals surface area contributed by atoms with Crippen LogP contribution in [0.15, 0.2) is 143 Å². The molecule has 6 rings (SSSR count). The number of fused-ring (bicyclic) bond motifs is 2. The van der Waals surface area contributed by atoms with Gasteiger partial charge in [0.15, 0.2) is 0 Å². The van der Waals surface area contributed by atoms with Gasteiger partial charge in [-0.1, -0.05) is 86.7 Å². The molecular formula is C36H34Cl2SiZr. The van der Waals surface area contributed by atoms with E-state index in [1.54, 1.807) is 0 Å². The van der Waals surface area contributed by atoms with Crippen molar-refractivity contribution < 1.29 is 23.3 Å². The third-order valence-electron chi connectivity index (χ3n) is 7.05. The first-order valence-electron chi connectivity index (χ1n) is 13.6. The van der Waals surface area contributed by atoms with Crippen LogP contribution >= 0.6 is 23.2 Å². The Bertz CT molecular complexity index is 1350. The third-order valence-corrected chi connectivity index (χ3v) is 14.5. The summed E-state index contributed by atoms with van der Waals surface area (Å²) in [5.41, 5.74) is 10.3. The molecule has 0 bridgehead atoms. The van der Waals surface area contributed by atoms with E-state index >= 15 is 0 Å². The van der Waals surface area contributed by atoms with Crippen LogP contribution in [0.3, 0.4) is 0 Å². The Morgan fingerprint density at radius 3 is 1.45 bits per heavy atom. The molecule has 0 N–H and O–H groups in total. The molecule has 0 amide bonds. The van der Waals surface area contributed by atoms with E-state index in [2.05, 4.69) is 142 Å². The zero-order chi connectivity index (χ0) is 28.5. The average Bonchev–Trinajstić information content (AvgIpc) is 3.36. The van der Waals surface area contributed by atoms with Gasteiger partial charge in [-0.15, -0.1) is 47.6 Å². The van der Waals surface area contributed by atoms with Crippen molar-refractivity contribution in [2.45, 2.75) is 49.5 Å². The third kappa shape index (κ3) is 8.53. The molecule has 0 spiro atoms.